The molecule has 0 spiro atoms. The summed E-state index contributed by atoms with van der Waals surface area (Å²) in [5.74, 6) is 0.674. The van der Waals surface area contributed by atoms with Gasteiger partial charge in [0.2, 0.25) is 0 Å². The van der Waals surface area contributed by atoms with Crippen molar-refractivity contribution in [3.63, 3.8) is 0 Å². The van der Waals surface area contributed by atoms with E-state index < -0.39 is 0 Å². The van der Waals surface area contributed by atoms with Crippen LogP contribution < -0.4 is 10.2 Å². The molecule has 0 bridgehead atoms. The first kappa shape index (κ1) is 17.4. The van der Waals surface area contributed by atoms with Crippen molar-refractivity contribution in [3.05, 3.63) is 52.5 Å². The molecule has 1 N–H and O–H groups in total. The Labute approximate surface area is 141 Å². The van der Waals surface area contributed by atoms with Crippen LogP contribution in [0.5, 0.6) is 11.5 Å². The van der Waals surface area contributed by atoms with Crippen molar-refractivity contribution in [3.8, 4) is 11.5 Å². The first-order valence-corrected chi connectivity index (χ1v) is 7.73. The van der Waals surface area contributed by atoms with Crippen LogP contribution in [0.15, 0.2) is 36.4 Å². The van der Waals surface area contributed by atoms with Gasteiger partial charge in [-0.1, -0.05) is 35.3 Å². The average Bonchev–Trinajstić information content (AvgIpc) is 2.52. The number of rotatable bonds is 6. The molecule has 2 aromatic carbocycles. The van der Waals surface area contributed by atoms with Gasteiger partial charge in [0.15, 0.2) is 0 Å². The number of halogens is 1. The fourth-order valence-electron chi connectivity index (χ4n) is 2.16. The maximum atomic E-state index is 11.6. The number of benzene rings is 2. The van der Waals surface area contributed by atoms with Gasteiger partial charge in [-0.3, -0.25) is 4.79 Å². The highest BCUT2D eigenvalue weighted by atomic mass is 35.5. The Morgan fingerprint density at radius 1 is 1.22 bits per heavy atom. The lowest BCUT2D eigenvalue weighted by atomic mass is 9.94. The molecular formula is C17H18BClO4. The van der Waals surface area contributed by atoms with Gasteiger partial charge in [-0.25, -0.2) is 0 Å². The largest absolute Gasteiger partial charge is 0.466 e. The quantitative estimate of drug-likeness (QED) is 0.649. The number of hydrogen-bond acceptors (Lipinski definition) is 4. The zero-order chi connectivity index (χ0) is 16.8. The molecule has 0 heterocycles. The lowest BCUT2D eigenvalue weighted by Gasteiger charge is -2.13. The minimum Gasteiger partial charge on any atom is -0.466 e. The zero-order valence-electron chi connectivity index (χ0n) is 13.1. The van der Waals surface area contributed by atoms with E-state index in [-0.39, 0.29) is 19.0 Å². The van der Waals surface area contributed by atoms with Crippen LogP contribution in [0.2, 0.25) is 5.02 Å². The molecule has 0 unspecified atom stereocenters. The molecule has 0 saturated heterocycles. The predicted octanol–water partition coefficient (Wildman–Crippen LogP) is 1.99. The van der Waals surface area contributed by atoms with E-state index in [9.17, 15) is 9.90 Å². The van der Waals surface area contributed by atoms with Crippen molar-refractivity contribution in [1.82, 2.24) is 0 Å². The van der Waals surface area contributed by atoms with Gasteiger partial charge < -0.3 is 14.6 Å². The third-order valence-corrected chi connectivity index (χ3v) is 3.57. The Balaban J connectivity index is 2.24. The van der Waals surface area contributed by atoms with Crippen molar-refractivity contribution in [1.29, 1.82) is 0 Å². The molecule has 0 radical (unpaired) electrons. The highest BCUT2D eigenvalue weighted by Gasteiger charge is 2.11. The molecule has 0 saturated carbocycles. The molecule has 0 atom stereocenters. The maximum absolute atomic E-state index is 11.6. The highest BCUT2D eigenvalue weighted by Crippen LogP contribution is 2.32. The fourth-order valence-corrected chi connectivity index (χ4v) is 2.32. The SMILES string of the molecule is Bc1ccc(Oc2cc(CC(=O)OCC)ccc2Cl)c(CO)c1. The van der Waals surface area contributed by atoms with Gasteiger partial charge >= 0.3 is 5.97 Å². The van der Waals surface area contributed by atoms with Gasteiger partial charge in [-0.2, -0.15) is 0 Å². The summed E-state index contributed by atoms with van der Waals surface area (Å²) in [6.07, 6.45) is 0.155. The van der Waals surface area contributed by atoms with E-state index in [0.29, 0.717) is 28.7 Å². The van der Waals surface area contributed by atoms with Crippen LogP contribution in [0.25, 0.3) is 0 Å². The van der Waals surface area contributed by atoms with Crippen LogP contribution in [0.4, 0.5) is 0 Å². The summed E-state index contributed by atoms with van der Waals surface area (Å²) in [5, 5.41) is 9.88. The number of ether oxygens (including phenoxy) is 2. The van der Waals surface area contributed by atoms with Crippen LogP contribution in [0.1, 0.15) is 18.1 Å². The molecule has 6 heteroatoms. The number of hydrogen-bond donors (Lipinski definition) is 1. The molecule has 0 amide bonds. The molecular weight excluding hydrogens is 314 g/mol. The third kappa shape index (κ3) is 4.75. The Hall–Kier alpha value is -1.98. The molecule has 120 valence electrons. The summed E-state index contributed by atoms with van der Waals surface area (Å²) in [6.45, 7) is 1.98. The second kappa shape index (κ2) is 8.04. The van der Waals surface area contributed by atoms with Gasteiger partial charge in [0, 0.05) is 5.56 Å². The Morgan fingerprint density at radius 3 is 2.70 bits per heavy atom. The first-order valence-electron chi connectivity index (χ1n) is 7.35. The van der Waals surface area contributed by atoms with Crippen LogP contribution >= 0.6 is 11.6 Å². The van der Waals surface area contributed by atoms with E-state index in [0.717, 1.165) is 11.0 Å². The molecule has 23 heavy (non-hydrogen) atoms. The van der Waals surface area contributed by atoms with E-state index in [4.69, 9.17) is 21.1 Å². The van der Waals surface area contributed by atoms with Crippen LogP contribution in [-0.2, 0) is 22.6 Å². The van der Waals surface area contributed by atoms with E-state index >= 15 is 0 Å². The van der Waals surface area contributed by atoms with E-state index in [1.54, 1.807) is 31.2 Å². The standard InChI is InChI=1S/C17H18BClO4/c1-2-22-17(21)8-11-3-5-14(19)16(7-11)23-15-6-4-13(18)9-12(15)10-20/h3-7,9,20H,2,8,10,18H2,1H3. The van der Waals surface area contributed by atoms with Gasteiger partial charge in [-0.15, -0.1) is 0 Å². The van der Waals surface area contributed by atoms with E-state index in [2.05, 4.69) is 0 Å². The summed E-state index contributed by atoms with van der Waals surface area (Å²) < 4.78 is 10.8. The third-order valence-electron chi connectivity index (χ3n) is 3.26. The topological polar surface area (TPSA) is 55.8 Å². The second-order valence-electron chi connectivity index (χ2n) is 5.12. The van der Waals surface area contributed by atoms with Gasteiger partial charge in [0.25, 0.3) is 0 Å². The molecule has 2 aromatic rings. The van der Waals surface area contributed by atoms with E-state index in [1.807, 2.05) is 20.0 Å². The van der Waals surface area contributed by atoms with Crippen molar-refractivity contribution < 1.29 is 19.4 Å². The van der Waals surface area contributed by atoms with Crippen molar-refractivity contribution >= 4 is 30.9 Å². The molecule has 2 rings (SSSR count). The maximum Gasteiger partial charge on any atom is 0.310 e. The summed E-state index contributed by atoms with van der Waals surface area (Å²) in [5.41, 5.74) is 2.46. The second-order valence-corrected chi connectivity index (χ2v) is 5.53. The normalized spacial score (nSPS) is 10.4. The number of carbonyl (C=O) groups is 1. The average molecular weight is 333 g/mol. The van der Waals surface area contributed by atoms with Gasteiger partial charge in [0.1, 0.15) is 19.3 Å². The Morgan fingerprint density at radius 2 is 2.00 bits per heavy atom. The summed E-state index contributed by atoms with van der Waals surface area (Å²) in [6, 6.07) is 10.7. The number of aliphatic hydroxyl groups excluding tert-OH is 1. The fraction of sp³-hybridized carbons (Fsp3) is 0.235. The molecule has 4 nitrogen and oxygen atoms in total. The van der Waals surface area contributed by atoms with Gasteiger partial charge in [0.05, 0.1) is 24.7 Å². The van der Waals surface area contributed by atoms with E-state index in [1.165, 1.54) is 0 Å². The monoisotopic (exact) mass is 332 g/mol. The van der Waals surface area contributed by atoms with Gasteiger partial charge in [-0.05, 0) is 30.7 Å². The zero-order valence-corrected chi connectivity index (χ0v) is 13.9. The summed E-state index contributed by atoms with van der Waals surface area (Å²) >= 11 is 6.17. The molecule has 0 aromatic heterocycles. The van der Waals surface area contributed by atoms with Crippen LogP contribution in [0.3, 0.4) is 0 Å². The Kier molecular flexibility index (Phi) is 6.08. The lowest BCUT2D eigenvalue weighted by molar-refractivity contribution is -0.142. The lowest BCUT2D eigenvalue weighted by Crippen LogP contribution is -2.07. The Bertz CT molecular complexity index is 703. The number of esters is 1. The van der Waals surface area contributed by atoms with Crippen molar-refractivity contribution in [2.45, 2.75) is 20.0 Å². The predicted molar refractivity (Wildman–Crippen MR) is 92.4 cm³/mol. The minimum atomic E-state index is -0.299. The van der Waals surface area contributed by atoms with Crippen LogP contribution in [0, 0.1) is 0 Å². The summed E-state index contributed by atoms with van der Waals surface area (Å²) in [7, 11) is 1.94. The molecule has 0 aliphatic rings. The van der Waals surface area contributed by atoms with Crippen LogP contribution in [-0.4, -0.2) is 25.5 Å². The number of carbonyl (C=O) groups excluding carboxylic acids is 1. The first-order chi connectivity index (χ1) is 11.0. The molecule has 0 aliphatic carbocycles. The smallest absolute Gasteiger partial charge is 0.310 e. The summed E-state index contributed by atoms with van der Waals surface area (Å²) in [4.78, 5) is 11.6. The van der Waals surface area contributed by atoms with Crippen molar-refractivity contribution in [2.75, 3.05) is 6.61 Å². The van der Waals surface area contributed by atoms with Crippen molar-refractivity contribution in [2.24, 2.45) is 0 Å². The minimum absolute atomic E-state index is 0.128. The molecule has 0 fully saturated rings. The number of aliphatic hydroxyl groups is 1. The molecule has 0 aliphatic heterocycles. The highest BCUT2D eigenvalue weighted by molar-refractivity contribution is 6.32.